The van der Waals surface area contributed by atoms with E-state index in [9.17, 15) is 14.4 Å². The summed E-state index contributed by atoms with van der Waals surface area (Å²) in [6, 6.07) is -1.03. The summed E-state index contributed by atoms with van der Waals surface area (Å²) in [7, 11) is 0. The van der Waals surface area contributed by atoms with Crippen LogP contribution in [0.3, 0.4) is 0 Å². The van der Waals surface area contributed by atoms with Crippen LogP contribution < -0.4 is 11.1 Å². The number of carboxylic acids is 1. The van der Waals surface area contributed by atoms with Crippen molar-refractivity contribution in [1.29, 1.82) is 0 Å². The van der Waals surface area contributed by atoms with Gasteiger partial charge in [-0.25, -0.2) is 4.79 Å². The number of aliphatic carboxylic acids is 1. The van der Waals surface area contributed by atoms with Gasteiger partial charge in [0.1, 0.15) is 6.04 Å². The third kappa shape index (κ3) is 4.69. The van der Waals surface area contributed by atoms with Crippen molar-refractivity contribution in [3.63, 3.8) is 0 Å². The number of piperazine rings is 1. The predicted molar refractivity (Wildman–Crippen MR) is 72.0 cm³/mol. The lowest BCUT2D eigenvalue weighted by Crippen LogP contribution is -2.57. The standard InChI is InChI=1S/C12H22N4O4/c1-8(2)10(11(13)19)14-12(20)16-5-3-15(4-6-16)7-9(17)18/h8,10H,3-7H2,1-2H3,(H2,13,19)(H,14,20)(H,17,18). The van der Waals surface area contributed by atoms with Crippen molar-refractivity contribution in [1.82, 2.24) is 15.1 Å². The van der Waals surface area contributed by atoms with Crippen LogP contribution in [0.1, 0.15) is 13.8 Å². The normalized spacial score (nSPS) is 17.9. The van der Waals surface area contributed by atoms with Crippen molar-refractivity contribution in [3.8, 4) is 0 Å². The van der Waals surface area contributed by atoms with Gasteiger partial charge in [-0.2, -0.15) is 0 Å². The van der Waals surface area contributed by atoms with Crippen molar-refractivity contribution >= 4 is 17.9 Å². The van der Waals surface area contributed by atoms with E-state index in [2.05, 4.69) is 5.32 Å². The summed E-state index contributed by atoms with van der Waals surface area (Å²) >= 11 is 0. The molecule has 3 amide bonds. The zero-order valence-electron chi connectivity index (χ0n) is 11.8. The van der Waals surface area contributed by atoms with Crippen LogP contribution in [-0.2, 0) is 9.59 Å². The fourth-order valence-electron chi connectivity index (χ4n) is 2.09. The van der Waals surface area contributed by atoms with Gasteiger partial charge in [-0.05, 0) is 5.92 Å². The third-order valence-corrected chi connectivity index (χ3v) is 3.27. The molecular weight excluding hydrogens is 264 g/mol. The Kier molecular flexibility index (Phi) is 5.75. The molecule has 1 unspecified atom stereocenters. The van der Waals surface area contributed by atoms with Gasteiger partial charge in [0, 0.05) is 26.2 Å². The number of carbonyl (C=O) groups is 3. The first-order valence-electron chi connectivity index (χ1n) is 6.60. The number of amides is 3. The summed E-state index contributed by atoms with van der Waals surface area (Å²) in [6.07, 6.45) is 0. The van der Waals surface area contributed by atoms with Gasteiger partial charge in [-0.3, -0.25) is 14.5 Å². The minimum absolute atomic E-state index is 0.0225. The molecule has 1 fully saturated rings. The zero-order valence-corrected chi connectivity index (χ0v) is 11.8. The van der Waals surface area contributed by atoms with Gasteiger partial charge in [0.05, 0.1) is 6.54 Å². The Morgan fingerprint density at radius 3 is 2.15 bits per heavy atom. The Morgan fingerprint density at radius 2 is 1.75 bits per heavy atom. The molecule has 0 bridgehead atoms. The molecule has 1 heterocycles. The van der Waals surface area contributed by atoms with Crippen molar-refractivity contribution in [2.75, 3.05) is 32.7 Å². The van der Waals surface area contributed by atoms with Crippen LogP contribution in [0.2, 0.25) is 0 Å². The molecule has 0 aromatic heterocycles. The molecule has 8 heteroatoms. The van der Waals surface area contributed by atoms with E-state index in [1.54, 1.807) is 23.6 Å². The van der Waals surface area contributed by atoms with Crippen molar-refractivity contribution in [2.45, 2.75) is 19.9 Å². The van der Waals surface area contributed by atoms with E-state index in [1.165, 1.54) is 0 Å². The first-order valence-corrected chi connectivity index (χ1v) is 6.60. The van der Waals surface area contributed by atoms with Gasteiger partial charge in [-0.15, -0.1) is 0 Å². The molecule has 0 spiro atoms. The number of nitrogens with one attached hydrogen (secondary N) is 1. The van der Waals surface area contributed by atoms with Gasteiger partial charge >= 0.3 is 12.0 Å². The molecular formula is C12H22N4O4. The summed E-state index contributed by atoms with van der Waals surface area (Å²) in [4.78, 5) is 37.2. The van der Waals surface area contributed by atoms with Gasteiger partial charge in [0.2, 0.25) is 5.91 Å². The van der Waals surface area contributed by atoms with Crippen LogP contribution in [-0.4, -0.2) is 71.6 Å². The number of nitrogens with zero attached hydrogens (tertiary/aromatic N) is 2. The second-order valence-corrected chi connectivity index (χ2v) is 5.23. The van der Waals surface area contributed by atoms with Crippen molar-refractivity contribution in [3.05, 3.63) is 0 Å². The van der Waals surface area contributed by atoms with E-state index in [1.807, 2.05) is 0 Å². The lowest BCUT2D eigenvalue weighted by Gasteiger charge is -2.34. The highest BCUT2D eigenvalue weighted by Gasteiger charge is 2.27. The minimum atomic E-state index is -0.878. The Labute approximate surface area is 117 Å². The molecule has 8 nitrogen and oxygen atoms in total. The molecule has 1 aliphatic rings. The summed E-state index contributed by atoms with van der Waals surface area (Å²) < 4.78 is 0. The predicted octanol–water partition coefficient (Wildman–Crippen LogP) is -1.09. The molecule has 0 saturated carbocycles. The minimum Gasteiger partial charge on any atom is -0.480 e. The second kappa shape index (κ2) is 7.09. The van der Waals surface area contributed by atoms with E-state index in [0.717, 1.165) is 0 Å². The first kappa shape index (κ1) is 16.2. The number of hydrogen-bond donors (Lipinski definition) is 3. The van der Waals surface area contributed by atoms with Crippen LogP contribution in [0.5, 0.6) is 0 Å². The summed E-state index contributed by atoms with van der Waals surface area (Å²) in [6.45, 7) is 5.46. The van der Waals surface area contributed by atoms with E-state index in [0.29, 0.717) is 26.2 Å². The quantitative estimate of drug-likeness (QED) is 0.594. The number of primary amides is 1. The average molecular weight is 286 g/mol. The van der Waals surface area contributed by atoms with Crippen LogP contribution >= 0.6 is 0 Å². The molecule has 1 saturated heterocycles. The summed E-state index contributed by atoms with van der Waals surface area (Å²) in [5, 5.41) is 11.3. The molecule has 1 aliphatic heterocycles. The molecule has 0 aromatic rings. The fourth-order valence-corrected chi connectivity index (χ4v) is 2.09. The Morgan fingerprint density at radius 1 is 1.20 bits per heavy atom. The molecule has 0 aliphatic carbocycles. The lowest BCUT2D eigenvalue weighted by molar-refractivity contribution is -0.138. The molecule has 0 radical (unpaired) electrons. The number of urea groups is 1. The largest absolute Gasteiger partial charge is 0.480 e. The Bertz CT molecular complexity index is 378. The van der Waals surface area contributed by atoms with Crippen LogP contribution in [0.15, 0.2) is 0 Å². The molecule has 0 aromatic carbocycles. The van der Waals surface area contributed by atoms with Crippen LogP contribution in [0, 0.1) is 5.92 Å². The monoisotopic (exact) mass is 286 g/mol. The maximum atomic E-state index is 12.0. The van der Waals surface area contributed by atoms with Crippen LogP contribution in [0.25, 0.3) is 0 Å². The fraction of sp³-hybridized carbons (Fsp3) is 0.750. The van der Waals surface area contributed by atoms with Gasteiger partial charge < -0.3 is 21.1 Å². The summed E-state index contributed by atoms with van der Waals surface area (Å²) in [5.74, 6) is -1.51. The highest BCUT2D eigenvalue weighted by atomic mass is 16.4. The molecule has 1 rings (SSSR count). The topological polar surface area (TPSA) is 116 Å². The maximum absolute atomic E-state index is 12.0. The molecule has 114 valence electrons. The number of carbonyl (C=O) groups excluding carboxylic acids is 2. The number of nitrogens with two attached hydrogens (primary N) is 1. The average Bonchev–Trinajstić information content (AvgIpc) is 2.35. The molecule has 20 heavy (non-hydrogen) atoms. The van der Waals surface area contributed by atoms with Gasteiger partial charge in [-0.1, -0.05) is 13.8 Å². The second-order valence-electron chi connectivity index (χ2n) is 5.23. The van der Waals surface area contributed by atoms with E-state index in [-0.39, 0.29) is 18.5 Å². The van der Waals surface area contributed by atoms with Crippen LogP contribution in [0.4, 0.5) is 4.79 Å². The SMILES string of the molecule is CC(C)C(NC(=O)N1CCN(CC(=O)O)CC1)C(N)=O. The van der Waals surface area contributed by atoms with E-state index >= 15 is 0 Å². The summed E-state index contributed by atoms with van der Waals surface area (Å²) in [5.41, 5.74) is 5.25. The first-order chi connectivity index (χ1) is 9.31. The van der Waals surface area contributed by atoms with Gasteiger partial charge in [0.15, 0.2) is 0 Å². The smallest absolute Gasteiger partial charge is 0.318 e. The van der Waals surface area contributed by atoms with Crippen molar-refractivity contribution in [2.24, 2.45) is 11.7 Å². The molecule has 4 N–H and O–H groups in total. The van der Waals surface area contributed by atoms with Gasteiger partial charge in [0.25, 0.3) is 0 Å². The highest BCUT2D eigenvalue weighted by molar-refractivity contribution is 5.86. The third-order valence-electron chi connectivity index (χ3n) is 3.27. The maximum Gasteiger partial charge on any atom is 0.318 e. The number of rotatable bonds is 5. The number of hydrogen-bond acceptors (Lipinski definition) is 4. The zero-order chi connectivity index (χ0) is 15.3. The highest BCUT2D eigenvalue weighted by Crippen LogP contribution is 2.05. The van der Waals surface area contributed by atoms with Crippen molar-refractivity contribution < 1.29 is 19.5 Å². The Balaban J connectivity index is 2.46. The van der Waals surface area contributed by atoms with E-state index < -0.39 is 17.9 Å². The van der Waals surface area contributed by atoms with E-state index in [4.69, 9.17) is 10.8 Å². The lowest BCUT2D eigenvalue weighted by atomic mass is 10.0. The Hall–Kier alpha value is -1.83. The molecule has 1 atom stereocenters. The number of carboxylic acid groups (broad SMARTS) is 1.